The maximum Gasteiger partial charge on any atom is 0.308 e. The number of thioether (sulfide) groups is 1. The third-order valence-corrected chi connectivity index (χ3v) is 11.1. The van der Waals surface area contributed by atoms with Crippen LogP contribution < -0.4 is 10.2 Å². The van der Waals surface area contributed by atoms with Crippen LogP contribution in [0.15, 0.2) is 52.3 Å². The lowest BCUT2D eigenvalue weighted by atomic mass is 9.75. The summed E-state index contributed by atoms with van der Waals surface area (Å²) < 4.78 is 1.62. The van der Waals surface area contributed by atoms with Gasteiger partial charge in [0.15, 0.2) is 0 Å². The molecule has 2 fully saturated rings. The van der Waals surface area contributed by atoms with Crippen molar-refractivity contribution in [3.63, 3.8) is 0 Å². The second kappa shape index (κ2) is 8.63. The number of halogens is 2. The minimum absolute atomic E-state index is 0.0156. The molecule has 34 heavy (non-hydrogen) atoms. The zero-order chi connectivity index (χ0) is 23.6. The normalized spacial score (nSPS) is 26.8. The summed E-state index contributed by atoms with van der Waals surface area (Å²) >= 11 is 16.1. The molecular formula is C25H22Cl2N2O3S2. The van der Waals surface area contributed by atoms with Crippen molar-refractivity contribution in [2.24, 2.45) is 17.8 Å². The SMILES string of the molecule is O=C(Cn1c2c(sc1=O)[C@@H](c1cccc(Cl)c1Cl)C1C3CCC(C3)C1S2)Nc1ccc(O)cc1. The summed E-state index contributed by atoms with van der Waals surface area (Å²) in [5.41, 5.74) is 1.56. The zero-order valence-corrected chi connectivity index (χ0v) is 21.2. The summed E-state index contributed by atoms with van der Waals surface area (Å²) in [6.07, 6.45) is 3.67. The minimum Gasteiger partial charge on any atom is -0.508 e. The second-order valence-electron chi connectivity index (χ2n) is 9.33. The molecule has 2 bridgehead atoms. The molecular weight excluding hydrogens is 511 g/mol. The van der Waals surface area contributed by atoms with E-state index < -0.39 is 0 Å². The number of amides is 1. The van der Waals surface area contributed by atoms with Crippen LogP contribution in [0.4, 0.5) is 5.69 Å². The van der Waals surface area contributed by atoms with Gasteiger partial charge in [-0.3, -0.25) is 14.2 Å². The van der Waals surface area contributed by atoms with Crippen molar-refractivity contribution in [1.82, 2.24) is 4.57 Å². The van der Waals surface area contributed by atoms with E-state index in [1.807, 2.05) is 12.1 Å². The van der Waals surface area contributed by atoms with Crippen LogP contribution in [0.5, 0.6) is 5.75 Å². The first-order valence-corrected chi connectivity index (χ1v) is 13.8. The highest BCUT2D eigenvalue weighted by Gasteiger charge is 2.55. The van der Waals surface area contributed by atoms with Gasteiger partial charge in [-0.05, 0) is 72.9 Å². The Balaban J connectivity index is 1.39. The molecule has 0 spiro atoms. The van der Waals surface area contributed by atoms with Crippen LogP contribution in [0.1, 0.15) is 35.6 Å². The number of benzene rings is 2. The van der Waals surface area contributed by atoms with Gasteiger partial charge in [-0.15, -0.1) is 11.8 Å². The Bertz CT molecular complexity index is 1340. The number of thiazole rings is 1. The van der Waals surface area contributed by atoms with E-state index in [-0.39, 0.29) is 29.0 Å². The first-order chi connectivity index (χ1) is 16.4. The molecule has 6 rings (SSSR count). The molecule has 2 aromatic carbocycles. The summed E-state index contributed by atoms with van der Waals surface area (Å²) in [7, 11) is 0. The molecule has 0 saturated heterocycles. The quantitative estimate of drug-likeness (QED) is 0.391. The lowest BCUT2D eigenvalue weighted by Gasteiger charge is -2.40. The van der Waals surface area contributed by atoms with Crippen molar-refractivity contribution in [3.8, 4) is 5.75 Å². The Hall–Kier alpha value is -1.93. The number of phenolic OH excluding ortho intramolecular Hbond substituents is 1. The average molecular weight is 534 g/mol. The Labute approximate surface area is 215 Å². The number of phenols is 1. The zero-order valence-electron chi connectivity index (χ0n) is 18.0. The Kier molecular flexibility index (Phi) is 5.72. The molecule has 2 aliphatic carbocycles. The van der Waals surface area contributed by atoms with Crippen molar-refractivity contribution in [1.29, 1.82) is 0 Å². The predicted octanol–water partition coefficient (Wildman–Crippen LogP) is 6.21. The number of fused-ring (bicyclic) bond motifs is 6. The van der Waals surface area contributed by atoms with Crippen LogP contribution in [-0.4, -0.2) is 20.8 Å². The number of carbonyl (C=O) groups excluding carboxylic acids is 1. The summed E-state index contributed by atoms with van der Waals surface area (Å²) in [4.78, 5) is 26.9. The first-order valence-electron chi connectivity index (χ1n) is 11.3. The molecule has 2 N–H and O–H groups in total. The standard InChI is InChI=1S/C25H22Cl2N2O3S2/c26-17-3-1-2-16(21(17)27)20-19-12-4-5-13(10-12)22(19)33-24-23(20)34-25(32)29(24)11-18(31)28-14-6-8-15(30)9-7-14/h1-3,6-9,12-13,19-20,22,30H,4-5,10-11H2,(H,28,31)/t12?,13?,19?,20-,22?/m0/s1. The van der Waals surface area contributed by atoms with E-state index in [0.29, 0.717) is 38.7 Å². The van der Waals surface area contributed by atoms with Crippen LogP contribution in [0.3, 0.4) is 0 Å². The number of carbonyl (C=O) groups is 1. The molecule has 4 unspecified atom stereocenters. The Morgan fingerprint density at radius 1 is 1.12 bits per heavy atom. The van der Waals surface area contributed by atoms with Crippen LogP contribution >= 0.6 is 46.3 Å². The molecule has 5 nitrogen and oxygen atoms in total. The van der Waals surface area contributed by atoms with Crippen molar-refractivity contribution < 1.29 is 9.90 Å². The van der Waals surface area contributed by atoms with Crippen molar-refractivity contribution >= 4 is 57.9 Å². The van der Waals surface area contributed by atoms with Gasteiger partial charge < -0.3 is 10.4 Å². The topological polar surface area (TPSA) is 71.3 Å². The van der Waals surface area contributed by atoms with Crippen molar-refractivity contribution in [2.75, 3.05) is 5.32 Å². The molecule has 176 valence electrons. The number of rotatable bonds is 4. The summed E-state index contributed by atoms with van der Waals surface area (Å²) in [5, 5.41) is 14.7. The minimum atomic E-state index is -0.276. The number of aromatic hydroxyl groups is 1. The van der Waals surface area contributed by atoms with Crippen LogP contribution in [0.25, 0.3) is 0 Å². The van der Waals surface area contributed by atoms with E-state index in [1.165, 1.54) is 42.7 Å². The fourth-order valence-corrected chi connectivity index (χ4v) is 9.65. The third-order valence-electron chi connectivity index (χ3n) is 7.46. The van der Waals surface area contributed by atoms with Crippen LogP contribution in [-0.2, 0) is 11.3 Å². The lowest BCUT2D eigenvalue weighted by molar-refractivity contribution is -0.116. The van der Waals surface area contributed by atoms with Crippen LogP contribution in [0, 0.1) is 17.8 Å². The fourth-order valence-electron chi connectivity index (χ4n) is 6.08. The molecule has 3 aliphatic rings. The Morgan fingerprint density at radius 3 is 2.68 bits per heavy atom. The molecule has 0 radical (unpaired) electrons. The smallest absolute Gasteiger partial charge is 0.308 e. The van der Waals surface area contributed by atoms with Gasteiger partial charge in [0.1, 0.15) is 12.3 Å². The number of nitrogens with zero attached hydrogens (tertiary/aromatic N) is 1. The van der Waals surface area contributed by atoms with Gasteiger partial charge in [0.2, 0.25) is 5.91 Å². The number of hydrogen-bond donors (Lipinski definition) is 2. The van der Waals surface area contributed by atoms with Gasteiger partial charge in [0.25, 0.3) is 0 Å². The molecule has 2 heterocycles. The van der Waals surface area contributed by atoms with Gasteiger partial charge in [0, 0.05) is 21.7 Å². The second-order valence-corrected chi connectivity index (χ2v) is 12.3. The Morgan fingerprint density at radius 2 is 1.88 bits per heavy atom. The van der Waals surface area contributed by atoms with Crippen molar-refractivity contribution in [2.45, 2.75) is 42.0 Å². The number of hydrogen-bond acceptors (Lipinski definition) is 5. The molecule has 1 aliphatic heterocycles. The van der Waals surface area contributed by atoms with E-state index in [0.717, 1.165) is 15.5 Å². The van der Waals surface area contributed by atoms with E-state index in [1.54, 1.807) is 34.5 Å². The van der Waals surface area contributed by atoms with E-state index >= 15 is 0 Å². The molecule has 5 atom stereocenters. The van der Waals surface area contributed by atoms with Gasteiger partial charge in [-0.1, -0.05) is 46.7 Å². The van der Waals surface area contributed by atoms with E-state index in [4.69, 9.17) is 23.2 Å². The molecule has 2 saturated carbocycles. The summed E-state index contributed by atoms with van der Waals surface area (Å²) in [6, 6.07) is 12.0. The van der Waals surface area contributed by atoms with E-state index in [9.17, 15) is 14.7 Å². The maximum atomic E-state index is 13.2. The highest BCUT2D eigenvalue weighted by atomic mass is 35.5. The van der Waals surface area contributed by atoms with Gasteiger partial charge in [-0.25, -0.2) is 0 Å². The first kappa shape index (κ1) is 22.5. The molecule has 9 heteroatoms. The summed E-state index contributed by atoms with van der Waals surface area (Å²) in [6.45, 7) is -0.0555. The van der Waals surface area contributed by atoms with Crippen LogP contribution in [0.2, 0.25) is 10.0 Å². The number of anilines is 1. The van der Waals surface area contributed by atoms with Gasteiger partial charge in [-0.2, -0.15) is 0 Å². The highest BCUT2D eigenvalue weighted by molar-refractivity contribution is 8.00. The highest BCUT2D eigenvalue weighted by Crippen LogP contribution is 2.64. The van der Waals surface area contributed by atoms with Gasteiger partial charge >= 0.3 is 4.87 Å². The molecule has 1 aromatic heterocycles. The third kappa shape index (κ3) is 3.68. The lowest BCUT2D eigenvalue weighted by Crippen LogP contribution is -2.35. The van der Waals surface area contributed by atoms with E-state index in [2.05, 4.69) is 5.32 Å². The predicted molar refractivity (Wildman–Crippen MR) is 138 cm³/mol. The number of nitrogens with one attached hydrogen (secondary N) is 1. The van der Waals surface area contributed by atoms with Crippen molar-refractivity contribution in [3.05, 3.63) is 72.6 Å². The monoisotopic (exact) mass is 532 g/mol. The molecule has 1 amide bonds. The van der Waals surface area contributed by atoms with Gasteiger partial charge in [0.05, 0.1) is 15.1 Å². The average Bonchev–Trinajstić information content (AvgIpc) is 3.51. The molecule has 3 aromatic rings. The largest absolute Gasteiger partial charge is 0.508 e. The number of aromatic nitrogens is 1. The fraction of sp³-hybridized carbons (Fsp3) is 0.360. The maximum absolute atomic E-state index is 13.2. The summed E-state index contributed by atoms with van der Waals surface area (Å²) in [5.74, 6) is 1.54.